The number of rotatable bonds is 1. The first-order chi connectivity index (χ1) is 13.4. The van der Waals surface area contributed by atoms with Crippen LogP contribution in [0.15, 0.2) is 53.2 Å². The maximum atomic E-state index is 7.93. The van der Waals surface area contributed by atoms with Crippen LogP contribution in [0.3, 0.4) is 0 Å². The molecule has 5 rings (SSSR count). The van der Waals surface area contributed by atoms with Crippen LogP contribution in [0.2, 0.25) is 0 Å². The maximum Gasteiger partial charge on any atom is 0.178 e. The average molecular weight is 331 g/mol. The fourth-order valence-electron chi connectivity index (χ4n) is 3.37. The van der Waals surface area contributed by atoms with Crippen LogP contribution in [0.4, 0.5) is 17.3 Å². The number of furan rings is 1. The highest BCUT2D eigenvalue weighted by molar-refractivity contribution is 6.10. The highest BCUT2D eigenvalue weighted by Crippen LogP contribution is 2.48. The zero-order valence-electron chi connectivity index (χ0n) is 16.5. The maximum absolute atomic E-state index is 7.93. The van der Waals surface area contributed by atoms with Gasteiger partial charge in [0.15, 0.2) is 23.4 Å². The Balaban J connectivity index is 1.82. The molecular weight excluding hydrogens is 312 g/mol. The number of nitrogens with zero attached hydrogens (tertiary/aromatic N) is 4. The van der Waals surface area contributed by atoms with Gasteiger partial charge >= 0.3 is 0 Å². The van der Waals surface area contributed by atoms with Gasteiger partial charge in [-0.1, -0.05) is 30.3 Å². The number of hydrogen-bond acceptors (Lipinski definition) is 5. The molecule has 5 heteroatoms. The van der Waals surface area contributed by atoms with Gasteiger partial charge in [-0.2, -0.15) is 0 Å². The van der Waals surface area contributed by atoms with E-state index in [4.69, 9.17) is 8.53 Å². The van der Waals surface area contributed by atoms with Gasteiger partial charge in [-0.3, -0.25) is 4.90 Å². The van der Waals surface area contributed by atoms with Gasteiger partial charge in [-0.25, -0.2) is 9.97 Å². The fraction of sp³-hybridized carbons (Fsp3) is 0.100. The van der Waals surface area contributed by atoms with Crippen LogP contribution in [0.25, 0.3) is 21.9 Å². The smallest absolute Gasteiger partial charge is 0.178 e. The molecule has 0 amide bonds. The molecule has 0 fully saturated rings. The number of anilines is 3. The van der Waals surface area contributed by atoms with Crippen LogP contribution in [-0.4, -0.2) is 16.9 Å². The van der Waals surface area contributed by atoms with Gasteiger partial charge in [0.25, 0.3) is 0 Å². The summed E-state index contributed by atoms with van der Waals surface area (Å²) in [4.78, 5) is 11.5. The van der Waals surface area contributed by atoms with E-state index in [0.717, 1.165) is 26.8 Å². The van der Waals surface area contributed by atoms with Crippen molar-refractivity contribution in [1.82, 2.24) is 9.97 Å². The van der Waals surface area contributed by atoms with Crippen molar-refractivity contribution in [3.8, 4) is 0 Å². The summed E-state index contributed by atoms with van der Waals surface area (Å²) in [6.07, 6.45) is 3.27. The molecular formula is C20H16N4O. The van der Waals surface area contributed by atoms with Crippen LogP contribution in [0.5, 0.6) is 0 Å². The van der Waals surface area contributed by atoms with E-state index in [1.54, 1.807) is 4.90 Å². The first kappa shape index (κ1) is 11.5. The zero-order valence-corrected chi connectivity index (χ0v) is 13.5. The molecule has 3 heterocycles. The van der Waals surface area contributed by atoms with Crippen molar-refractivity contribution in [3.63, 3.8) is 0 Å². The van der Waals surface area contributed by atoms with Crippen LogP contribution in [0.1, 0.15) is 9.68 Å². The third-order valence-corrected chi connectivity index (χ3v) is 4.55. The largest absolute Gasteiger partial charge is 0.454 e. The third kappa shape index (κ3) is 1.83. The first-order valence-electron chi connectivity index (χ1n) is 9.39. The number of hydrogen-bond donors (Lipinski definition) is 0. The lowest BCUT2D eigenvalue weighted by Gasteiger charge is -2.26. The van der Waals surface area contributed by atoms with Crippen molar-refractivity contribution in [2.45, 2.75) is 6.92 Å². The normalized spacial score (nSPS) is 17.0. The summed E-state index contributed by atoms with van der Waals surface area (Å²) in [5.74, 6) is 0.666. The van der Waals surface area contributed by atoms with E-state index in [1.165, 1.54) is 12.4 Å². The van der Waals surface area contributed by atoms with E-state index >= 15 is 0 Å². The Kier molecular flexibility index (Phi) is 2.27. The Hall–Kier alpha value is -3.08. The van der Waals surface area contributed by atoms with E-state index in [-0.39, 0.29) is 12.0 Å². The lowest BCUT2D eigenvalue weighted by molar-refractivity contribution is 0.667. The molecule has 0 saturated carbocycles. The number of aromatic nitrogens is 2. The highest BCUT2D eigenvalue weighted by atomic mass is 16.3. The number of benzene rings is 2. The predicted molar refractivity (Wildman–Crippen MR) is 99.6 cm³/mol. The molecule has 25 heavy (non-hydrogen) atoms. The molecule has 0 unspecified atom stereocenters. The molecule has 1 aliphatic heterocycles. The minimum absolute atomic E-state index is 0.250. The van der Waals surface area contributed by atoms with Crippen LogP contribution >= 0.6 is 0 Å². The molecule has 0 N–H and O–H groups in total. The van der Waals surface area contributed by atoms with Crippen molar-refractivity contribution in [2.75, 3.05) is 16.8 Å². The van der Waals surface area contributed by atoms with E-state index in [0.29, 0.717) is 17.1 Å². The topological polar surface area (TPSA) is 45.4 Å². The van der Waals surface area contributed by atoms with Crippen molar-refractivity contribution in [3.05, 3.63) is 67.4 Å². The zero-order chi connectivity index (χ0) is 19.6. The second-order valence-corrected chi connectivity index (χ2v) is 6.00. The first-order valence-corrected chi connectivity index (χ1v) is 7.89. The SMILES string of the molecule is [2H]C([2H])([2H])N1[C]([CH2])N(c2c(C)ccc3c2oc2ccccc23)c2nccnc21. The van der Waals surface area contributed by atoms with Gasteiger partial charge in [0, 0.05) is 34.3 Å². The Labute approximate surface area is 149 Å². The summed E-state index contributed by atoms with van der Waals surface area (Å²) in [6, 6.07) is 11.8. The molecule has 122 valence electrons. The van der Waals surface area contributed by atoms with E-state index in [9.17, 15) is 0 Å². The minimum Gasteiger partial charge on any atom is -0.454 e. The average Bonchev–Trinajstić information content (AvgIpc) is 3.16. The van der Waals surface area contributed by atoms with E-state index in [1.807, 2.05) is 43.3 Å². The Morgan fingerprint density at radius 1 is 1.04 bits per heavy atom. The molecule has 4 aromatic rings. The van der Waals surface area contributed by atoms with Crippen LogP contribution in [-0.2, 0) is 0 Å². The number of aryl methyl sites for hydroxylation is 1. The highest BCUT2D eigenvalue weighted by Gasteiger charge is 2.37. The van der Waals surface area contributed by atoms with Gasteiger partial charge in [0.2, 0.25) is 0 Å². The van der Waals surface area contributed by atoms with Crippen molar-refractivity contribution in [2.24, 2.45) is 0 Å². The van der Waals surface area contributed by atoms with Crippen LogP contribution in [0, 0.1) is 20.0 Å². The summed E-state index contributed by atoms with van der Waals surface area (Å²) in [5, 5.41) is 1.94. The van der Waals surface area contributed by atoms with Gasteiger partial charge in [0.05, 0.1) is 5.69 Å². The van der Waals surface area contributed by atoms with E-state index in [2.05, 4.69) is 16.9 Å². The Morgan fingerprint density at radius 3 is 2.68 bits per heavy atom. The summed E-state index contributed by atoms with van der Waals surface area (Å²) in [5.41, 5.74) is 3.05. The molecule has 1 aliphatic rings. The second kappa shape index (κ2) is 4.96. The lowest BCUT2D eigenvalue weighted by atomic mass is 10.1. The Bertz CT molecular complexity index is 1220. The van der Waals surface area contributed by atoms with E-state index < -0.39 is 6.98 Å². The molecule has 0 saturated heterocycles. The van der Waals surface area contributed by atoms with Crippen LogP contribution < -0.4 is 9.80 Å². The molecule has 2 aromatic heterocycles. The summed E-state index contributed by atoms with van der Waals surface area (Å²) in [6.45, 7) is 3.56. The number of fused-ring (bicyclic) bond motifs is 4. The molecule has 0 aliphatic carbocycles. The standard InChI is InChI=1S/C20H16N4O/c1-12-8-9-15-14-6-4-5-7-16(14)25-18(15)17(12)24-13(2)23(3)19-20(24)22-11-10-21-19/h4-11H,2H2,1,3H3/i3D3. The second-order valence-electron chi connectivity index (χ2n) is 6.00. The molecule has 2 aromatic carbocycles. The Morgan fingerprint density at radius 2 is 1.84 bits per heavy atom. The van der Waals surface area contributed by atoms with Gasteiger partial charge in [-0.05, 0) is 25.5 Å². The number of para-hydroxylation sites is 1. The summed E-state index contributed by atoms with van der Waals surface area (Å²) < 4.78 is 30.0. The third-order valence-electron chi connectivity index (χ3n) is 4.55. The van der Waals surface area contributed by atoms with Gasteiger partial charge < -0.3 is 9.32 Å². The fourth-order valence-corrected chi connectivity index (χ4v) is 3.37. The molecule has 2 radical (unpaired) electrons. The van der Waals surface area contributed by atoms with Crippen molar-refractivity contribution < 1.29 is 8.53 Å². The molecule has 5 nitrogen and oxygen atoms in total. The monoisotopic (exact) mass is 331 g/mol. The van der Waals surface area contributed by atoms with Gasteiger partial charge in [-0.15, -0.1) is 0 Å². The molecule has 0 bridgehead atoms. The predicted octanol–water partition coefficient (Wildman–Crippen LogP) is 4.60. The molecule has 0 atom stereocenters. The lowest BCUT2D eigenvalue weighted by Crippen LogP contribution is -2.28. The van der Waals surface area contributed by atoms with Crippen molar-refractivity contribution in [1.29, 1.82) is 0 Å². The molecule has 0 spiro atoms. The minimum atomic E-state index is -2.44. The summed E-state index contributed by atoms with van der Waals surface area (Å²) in [7, 11) is 0. The summed E-state index contributed by atoms with van der Waals surface area (Å²) >= 11 is 0. The van der Waals surface area contributed by atoms with Crippen molar-refractivity contribution >= 4 is 39.3 Å². The quantitative estimate of drug-likeness (QED) is 0.510. The van der Waals surface area contributed by atoms with Gasteiger partial charge in [0.1, 0.15) is 5.58 Å².